The second-order valence-corrected chi connectivity index (χ2v) is 5.54. The average molecular weight is 272 g/mol. The number of carboxylic acid groups (broad SMARTS) is 1. The maximum absolute atomic E-state index is 11.0. The van der Waals surface area contributed by atoms with Crippen molar-refractivity contribution < 1.29 is 9.90 Å². The maximum atomic E-state index is 11.0. The van der Waals surface area contributed by atoms with Crippen LogP contribution in [0.2, 0.25) is 0 Å². The number of aryl methyl sites for hydroxylation is 1. The topological polar surface area (TPSA) is 55.1 Å². The summed E-state index contributed by atoms with van der Waals surface area (Å²) in [5.41, 5.74) is 1.55. The molecule has 0 saturated heterocycles. The molecule has 19 heavy (non-hydrogen) atoms. The molecule has 0 aliphatic carbocycles. The Morgan fingerprint density at radius 2 is 2.32 bits per heavy atom. The van der Waals surface area contributed by atoms with E-state index < -0.39 is 5.97 Å². The zero-order valence-electron chi connectivity index (χ0n) is 10.3. The lowest BCUT2D eigenvalue weighted by Gasteiger charge is -2.00. The van der Waals surface area contributed by atoms with Gasteiger partial charge in [0.15, 0.2) is 0 Å². The van der Waals surface area contributed by atoms with Gasteiger partial charge in [0, 0.05) is 22.0 Å². The van der Waals surface area contributed by atoms with Gasteiger partial charge in [-0.1, -0.05) is 6.07 Å². The molecule has 0 spiro atoms. The second kappa shape index (κ2) is 4.51. The van der Waals surface area contributed by atoms with Gasteiger partial charge in [-0.3, -0.25) is 0 Å². The van der Waals surface area contributed by atoms with Crippen LogP contribution < -0.4 is 0 Å². The SMILES string of the molecule is Cc1c(Cn2ccnc2)sc2cc(C(=O)O)ccc12. The fourth-order valence-electron chi connectivity index (χ4n) is 2.11. The zero-order chi connectivity index (χ0) is 13.4. The number of fused-ring (bicyclic) bond motifs is 1. The van der Waals surface area contributed by atoms with E-state index >= 15 is 0 Å². The minimum absolute atomic E-state index is 0.336. The number of carboxylic acids is 1. The lowest BCUT2D eigenvalue weighted by atomic mass is 10.1. The van der Waals surface area contributed by atoms with E-state index in [4.69, 9.17) is 5.11 Å². The number of thiophene rings is 1. The third kappa shape index (κ3) is 2.13. The highest BCUT2D eigenvalue weighted by Crippen LogP contribution is 2.32. The van der Waals surface area contributed by atoms with Gasteiger partial charge in [0.25, 0.3) is 0 Å². The summed E-state index contributed by atoms with van der Waals surface area (Å²) < 4.78 is 3.03. The molecule has 5 heteroatoms. The Morgan fingerprint density at radius 3 is 3.00 bits per heavy atom. The Balaban J connectivity index is 2.06. The first-order valence-electron chi connectivity index (χ1n) is 5.86. The first-order valence-corrected chi connectivity index (χ1v) is 6.68. The molecule has 1 aromatic carbocycles. The van der Waals surface area contributed by atoms with E-state index in [-0.39, 0.29) is 0 Å². The molecular formula is C14H12N2O2S. The molecule has 0 aliphatic heterocycles. The van der Waals surface area contributed by atoms with Crippen LogP contribution in [0.25, 0.3) is 10.1 Å². The molecular weight excluding hydrogens is 260 g/mol. The lowest BCUT2D eigenvalue weighted by molar-refractivity contribution is 0.0697. The lowest BCUT2D eigenvalue weighted by Crippen LogP contribution is -1.95. The smallest absolute Gasteiger partial charge is 0.335 e. The van der Waals surface area contributed by atoms with Crippen LogP contribution >= 0.6 is 11.3 Å². The van der Waals surface area contributed by atoms with Crippen LogP contribution in [0.1, 0.15) is 20.8 Å². The number of aromatic carboxylic acids is 1. The molecule has 3 rings (SSSR count). The highest BCUT2D eigenvalue weighted by atomic mass is 32.1. The molecule has 0 saturated carbocycles. The molecule has 0 unspecified atom stereocenters. The monoisotopic (exact) mass is 272 g/mol. The van der Waals surface area contributed by atoms with E-state index in [1.54, 1.807) is 36.0 Å². The van der Waals surface area contributed by atoms with E-state index in [9.17, 15) is 4.79 Å². The molecule has 4 nitrogen and oxygen atoms in total. The summed E-state index contributed by atoms with van der Waals surface area (Å²) in [6, 6.07) is 5.29. The van der Waals surface area contributed by atoms with Gasteiger partial charge in [-0.2, -0.15) is 0 Å². The third-order valence-corrected chi connectivity index (χ3v) is 4.41. The van der Waals surface area contributed by atoms with Crippen LogP contribution in [0.4, 0.5) is 0 Å². The van der Waals surface area contributed by atoms with Crippen LogP contribution in [-0.4, -0.2) is 20.6 Å². The number of carbonyl (C=O) groups is 1. The van der Waals surface area contributed by atoms with Crippen molar-refractivity contribution >= 4 is 27.4 Å². The summed E-state index contributed by atoms with van der Waals surface area (Å²) >= 11 is 1.64. The number of nitrogens with zero attached hydrogens (tertiary/aromatic N) is 2. The molecule has 3 aromatic rings. The Morgan fingerprint density at radius 1 is 1.47 bits per heavy atom. The van der Waals surface area contributed by atoms with Crippen molar-refractivity contribution in [2.45, 2.75) is 13.5 Å². The molecule has 0 aliphatic rings. The van der Waals surface area contributed by atoms with Crippen molar-refractivity contribution in [3.8, 4) is 0 Å². The average Bonchev–Trinajstić information content (AvgIpc) is 2.99. The summed E-state index contributed by atoms with van der Waals surface area (Å²) in [6.07, 6.45) is 5.46. The zero-order valence-corrected chi connectivity index (χ0v) is 11.1. The predicted molar refractivity (Wildman–Crippen MR) is 74.9 cm³/mol. The van der Waals surface area contributed by atoms with E-state index in [0.717, 1.165) is 16.6 Å². The van der Waals surface area contributed by atoms with Gasteiger partial charge in [-0.05, 0) is 30.0 Å². The number of hydrogen-bond acceptors (Lipinski definition) is 3. The van der Waals surface area contributed by atoms with Crippen molar-refractivity contribution in [3.63, 3.8) is 0 Å². The van der Waals surface area contributed by atoms with E-state index in [1.807, 2.05) is 16.8 Å². The molecule has 0 amide bonds. The first-order chi connectivity index (χ1) is 9.15. The Kier molecular flexibility index (Phi) is 2.83. The minimum atomic E-state index is -0.885. The number of aromatic nitrogens is 2. The number of hydrogen-bond donors (Lipinski definition) is 1. The summed E-state index contributed by atoms with van der Waals surface area (Å²) in [4.78, 5) is 16.2. The molecule has 2 aromatic heterocycles. The molecule has 0 atom stereocenters. The Bertz CT molecular complexity index is 744. The highest BCUT2D eigenvalue weighted by molar-refractivity contribution is 7.19. The number of rotatable bonds is 3. The van der Waals surface area contributed by atoms with Gasteiger partial charge in [-0.15, -0.1) is 11.3 Å². The van der Waals surface area contributed by atoms with Gasteiger partial charge in [0.1, 0.15) is 0 Å². The van der Waals surface area contributed by atoms with Crippen LogP contribution in [0.3, 0.4) is 0 Å². The number of imidazole rings is 1. The molecule has 0 bridgehead atoms. The van der Waals surface area contributed by atoms with Crippen molar-refractivity contribution in [3.05, 3.63) is 52.9 Å². The molecule has 2 heterocycles. The Labute approximate surface area is 113 Å². The van der Waals surface area contributed by atoms with E-state index in [1.165, 1.54) is 10.4 Å². The maximum Gasteiger partial charge on any atom is 0.335 e. The van der Waals surface area contributed by atoms with E-state index in [2.05, 4.69) is 11.9 Å². The summed E-state index contributed by atoms with van der Waals surface area (Å²) in [5, 5.41) is 10.1. The van der Waals surface area contributed by atoms with Gasteiger partial charge >= 0.3 is 5.97 Å². The molecule has 1 N–H and O–H groups in total. The van der Waals surface area contributed by atoms with Gasteiger partial charge in [-0.25, -0.2) is 9.78 Å². The molecule has 0 fully saturated rings. The fourth-order valence-corrected chi connectivity index (χ4v) is 3.37. The first kappa shape index (κ1) is 11.9. The number of benzene rings is 1. The fraction of sp³-hybridized carbons (Fsp3) is 0.143. The van der Waals surface area contributed by atoms with Crippen molar-refractivity contribution in [2.24, 2.45) is 0 Å². The standard InChI is InChI=1S/C14H12N2O2S/c1-9-11-3-2-10(14(17)18)6-12(11)19-13(9)7-16-5-4-15-8-16/h2-6,8H,7H2,1H3,(H,17,18). The summed E-state index contributed by atoms with van der Waals surface area (Å²) in [5.74, 6) is -0.885. The third-order valence-electron chi connectivity index (χ3n) is 3.17. The minimum Gasteiger partial charge on any atom is -0.478 e. The van der Waals surface area contributed by atoms with Crippen LogP contribution in [0, 0.1) is 6.92 Å². The van der Waals surface area contributed by atoms with Crippen LogP contribution in [-0.2, 0) is 6.54 Å². The Hall–Kier alpha value is -2.14. The van der Waals surface area contributed by atoms with Crippen molar-refractivity contribution in [1.29, 1.82) is 0 Å². The van der Waals surface area contributed by atoms with E-state index in [0.29, 0.717) is 5.56 Å². The van der Waals surface area contributed by atoms with Gasteiger partial charge in [0.05, 0.1) is 18.4 Å². The largest absolute Gasteiger partial charge is 0.478 e. The summed E-state index contributed by atoms with van der Waals surface area (Å²) in [6.45, 7) is 2.85. The molecule has 0 radical (unpaired) electrons. The van der Waals surface area contributed by atoms with Crippen molar-refractivity contribution in [2.75, 3.05) is 0 Å². The predicted octanol–water partition coefficient (Wildman–Crippen LogP) is 3.15. The van der Waals surface area contributed by atoms with Crippen LogP contribution in [0.5, 0.6) is 0 Å². The second-order valence-electron chi connectivity index (χ2n) is 4.40. The quantitative estimate of drug-likeness (QED) is 0.796. The summed E-state index contributed by atoms with van der Waals surface area (Å²) in [7, 11) is 0. The normalized spacial score (nSPS) is 11.0. The van der Waals surface area contributed by atoms with Gasteiger partial charge < -0.3 is 9.67 Å². The molecule has 96 valence electrons. The van der Waals surface area contributed by atoms with Crippen molar-refractivity contribution in [1.82, 2.24) is 9.55 Å². The van der Waals surface area contributed by atoms with Crippen LogP contribution in [0.15, 0.2) is 36.9 Å². The highest BCUT2D eigenvalue weighted by Gasteiger charge is 2.11. The van der Waals surface area contributed by atoms with Gasteiger partial charge in [0.2, 0.25) is 0 Å².